The van der Waals surface area contributed by atoms with Crippen LogP contribution in [0.4, 0.5) is 0 Å². The molecule has 1 aromatic heterocycles. The molecule has 0 saturated heterocycles. The first-order chi connectivity index (χ1) is 19.8. The van der Waals surface area contributed by atoms with Crippen LogP contribution in [0.25, 0.3) is 38.4 Å². The molecule has 0 aliphatic heterocycles. The molecule has 0 fully saturated rings. The second-order valence-electron chi connectivity index (χ2n) is 13.3. The van der Waals surface area contributed by atoms with Gasteiger partial charge in [0, 0.05) is 4.70 Å². The lowest BCUT2D eigenvalue weighted by molar-refractivity contribution is 0.779. The van der Waals surface area contributed by atoms with E-state index in [0.29, 0.717) is 0 Å². The van der Waals surface area contributed by atoms with Crippen LogP contribution in [-0.4, -0.2) is 0 Å². The number of thiophene rings is 1. The lowest BCUT2D eigenvalue weighted by Gasteiger charge is -2.38. The molecule has 42 heavy (non-hydrogen) atoms. The first-order valence-electron chi connectivity index (χ1n) is 15.4. The molecule has 0 saturated carbocycles. The minimum Gasteiger partial charge on any atom is -0.144 e. The van der Waals surface area contributed by atoms with Crippen molar-refractivity contribution in [2.45, 2.75) is 88.5 Å². The van der Waals surface area contributed by atoms with Crippen molar-refractivity contribution >= 4 is 27.5 Å². The van der Waals surface area contributed by atoms with E-state index in [1.165, 1.54) is 121 Å². The third-order valence-electron chi connectivity index (χ3n) is 11.9. The Labute approximate surface area is 256 Å². The Balaban J connectivity index is 1.88. The van der Waals surface area contributed by atoms with E-state index >= 15 is 0 Å². The molecule has 4 aromatic carbocycles. The van der Waals surface area contributed by atoms with E-state index in [1.54, 1.807) is 0 Å². The molecule has 7 rings (SSSR count). The Kier molecular flexibility index (Phi) is 5.75. The van der Waals surface area contributed by atoms with Crippen LogP contribution in [0.2, 0.25) is 0 Å². The molecule has 0 amide bonds. The number of hydrogen-bond donors (Lipinski definition) is 0. The van der Waals surface area contributed by atoms with E-state index in [9.17, 15) is 0 Å². The molecule has 0 radical (unpaired) electrons. The summed E-state index contributed by atoms with van der Waals surface area (Å²) in [7, 11) is 0. The minimum atomic E-state index is -0.376. The van der Waals surface area contributed by atoms with Crippen LogP contribution in [0.3, 0.4) is 0 Å². The SMILES string of the molecule is Cc1c(C)c(C)c2c(c1C)-c1c(C)c(C)c(C)c(C)c1C1(C=Cc3cc4ccsc4cc31)c1c(C)c(C)c(C)c(C)c1-2. The van der Waals surface area contributed by atoms with Gasteiger partial charge < -0.3 is 0 Å². The van der Waals surface area contributed by atoms with Crippen molar-refractivity contribution in [1.29, 1.82) is 0 Å². The normalized spacial score (nSPS) is 14.3. The van der Waals surface area contributed by atoms with Crippen LogP contribution in [0, 0.1) is 83.1 Å². The van der Waals surface area contributed by atoms with Crippen LogP contribution in [0.1, 0.15) is 89.0 Å². The molecule has 1 spiro atoms. The Morgan fingerprint density at radius 1 is 0.476 bits per heavy atom. The summed E-state index contributed by atoms with van der Waals surface area (Å²) in [5, 5.41) is 3.59. The quantitative estimate of drug-likeness (QED) is 0.175. The van der Waals surface area contributed by atoms with Crippen molar-refractivity contribution in [2.75, 3.05) is 0 Å². The summed E-state index contributed by atoms with van der Waals surface area (Å²) in [6.45, 7) is 28.4. The average molecular weight is 567 g/mol. The van der Waals surface area contributed by atoms with Crippen LogP contribution in [0.5, 0.6) is 0 Å². The number of hydrogen-bond acceptors (Lipinski definition) is 1. The predicted octanol–water partition coefficient (Wildman–Crippen LogP) is 11.6. The molecule has 2 aliphatic carbocycles. The molecular formula is C41H42S. The van der Waals surface area contributed by atoms with Crippen molar-refractivity contribution in [1.82, 2.24) is 0 Å². The van der Waals surface area contributed by atoms with Crippen molar-refractivity contribution in [3.05, 3.63) is 119 Å². The fourth-order valence-corrected chi connectivity index (χ4v) is 9.36. The molecule has 0 N–H and O–H groups in total. The van der Waals surface area contributed by atoms with Crippen LogP contribution >= 0.6 is 11.3 Å². The van der Waals surface area contributed by atoms with Gasteiger partial charge in [-0.1, -0.05) is 12.2 Å². The van der Waals surface area contributed by atoms with Gasteiger partial charge in [0.25, 0.3) is 0 Å². The van der Waals surface area contributed by atoms with Crippen molar-refractivity contribution in [3.8, 4) is 22.3 Å². The maximum absolute atomic E-state index is 2.58. The van der Waals surface area contributed by atoms with Gasteiger partial charge in [0.1, 0.15) is 0 Å². The Hall–Kier alpha value is -3.42. The van der Waals surface area contributed by atoms with Gasteiger partial charge in [-0.3, -0.25) is 0 Å². The van der Waals surface area contributed by atoms with Crippen LogP contribution in [0.15, 0.2) is 29.7 Å². The molecule has 0 nitrogen and oxygen atoms in total. The van der Waals surface area contributed by atoms with Gasteiger partial charge in [0.2, 0.25) is 0 Å². The maximum Gasteiger partial charge on any atom is 0.0659 e. The molecule has 212 valence electrons. The molecule has 0 atom stereocenters. The maximum atomic E-state index is 2.58. The van der Waals surface area contributed by atoms with E-state index in [2.05, 4.69) is 119 Å². The molecule has 0 bridgehead atoms. The zero-order chi connectivity index (χ0) is 30.2. The molecule has 0 unspecified atom stereocenters. The van der Waals surface area contributed by atoms with Gasteiger partial charge in [0.15, 0.2) is 0 Å². The highest BCUT2D eigenvalue weighted by molar-refractivity contribution is 7.17. The Bertz CT molecular complexity index is 1990. The van der Waals surface area contributed by atoms with Gasteiger partial charge in [-0.2, -0.15) is 0 Å². The molecule has 1 heterocycles. The van der Waals surface area contributed by atoms with Crippen molar-refractivity contribution in [2.24, 2.45) is 0 Å². The molecule has 2 aliphatic rings. The molecule has 5 aromatic rings. The first kappa shape index (κ1) is 27.4. The minimum absolute atomic E-state index is 0.376. The number of fused-ring (bicyclic) bond motifs is 10. The number of allylic oxidation sites excluding steroid dienone is 1. The zero-order valence-corrected chi connectivity index (χ0v) is 28.2. The second kappa shape index (κ2) is 8.80. The monoisotopic (exact) mass is 566 g/mol. The Morgan fingerprint density at radius 3 is 1.38 bits per heavy atom. The summed E-state index contributed by atoms with van der Waals surface area (Å²) in [4.78, 5) is 0. The van der Waals surface area contributed by atoms with E-state index in [0.717, 1.165) is 0 Å². The van der Waals surface area contributed by atoms with Gasteiger partial charge in [0.05, 0.1) is 5.41 Å². The standard InChI is InChI=1S/C41H42S/c1-19-20(2)26(8)36-35(25(19)7)37-27(9)21(3)23(5)29(11)39(37)41(40-30(12)24(6)22(4)28(10)38(36)40)15-13-31-17-32-14-16-42-34(32)18-33(31)41/h13-18H,1-12H3. The smallest absolute Gasteiger partial charge is 0.0659 e. The highest BCUT2D eigenvalue weighted by atomic mass is 32.1. The summed E-state index contributed by atoms with van der Waals surface area (Å²) in [6.07, 6.45) is 5.01. The lowest BCUT2D eigenvalue weighted by Crippen LogP contribution is -2.30. The van der Waals surface area contributed by atoms with E-state index in [1.807, 2.05) is 11.3 Å². The van der Waals surface area contributed by atoms with E-state index in [-0.39, 0.29) is 5.41 Å². The van der Waals surface area contributed by atoms with E-state index < -0.39 is 0 Å². The van der Waals surface area contributed by atoms with Crippen LogP contribution in [-0.2, 0) is 5.41 Å². The molecule has 1 heteroatoms. The first-order valence-corrected chi connectivity index (χ1v) is 16.3. The average Bonchev–Trinajstić information content (AvgIpc) is 3.56. The summed E-state index contributed by atoms with van der Waals surface area (Å²) < 4.78 is 1.37. The van der Waals surface area contributed by atoms with Gasteiger partial charge in [-0.15, -0.1) is 11.3 Å². The fourth-order valence-electron chi connectivity index (χ4n) is 8.55. The summed E-state index contributed by atoms with van der Waals surface area (Å²) in [6, 6.07) is 7.23. The van der Waals surface area contributed by atoms with Crippen molar-refractivity contribution < 1.29 is 0 Å². The highest BCUT2D eigenvalue weighted by Gasteiger charge is 2.48. The largest absolute Gasteiger partial charge is 0.144 e. The second-order valence-corrected chi connectivity index (χ2v) is 14.2. The van der Waals surface area contributed by atoms with Gasteiger partial charge >= 0.3 is 0 Å². The lowest BCUT2D eigenvalue weighted by atomic mass is 9.64. The number of benzene rings is 4. The van der Waals surface area contributed by atoms with E-state index in [4.69, 9.17) is 0 Å². The summed E-state index contributed by atoms with van der Waals surface area (Å²) >= 11 is 1.86. The Morgan fingerprint density at radius 2 is 0.905 bits per heavy atom. The zero-order valence-electron chi connectivity index (χ0n) is 27.4. The summed E-state index contributed by atoms with van der Waals surface area (Å²) in [5.74, 6) is 0. The fraction of sp³-hybridized carbons (Fsp3) is 0.317. The predicted molar refractivity (Wildman–Crippen MR) is 185 cm³/mol. The number of rotatable bonds is 0. The topological polar surface area (TPSA) is 0 Å². The van der Waals surface area contributed by atoms with Gasteiger partial charge in [-0.05, 0) is 223 Å². The third kappa shape index (κ3) is 3.08. The van der Waals surface area contributed by atoms with Crippen LogP contribution < -0.4 is 0 Å². The summed E-state index contributed by atoms with van der Waals surface area (Å²) in [5.41, 5.74) is 28.3. The molecular weight excluding hydrogens is 525 g/mol. The third-order valence-corrected chi connectivity index (χ3v) is 12.8. The van der Waals surface area contributed by atoms with Crippen molar-refractivity contribution in [3.63, 3.8) is 0 Å². The highest BCUT2D eigenvalue weighted by Crippen LogP contribution is 2.61. The van der Waals surface area contributed by atoms with Gasteiger partial charge in [-0.25, -0.2) is 0 Å².